The number of imidazole rings is 1. The second kappa shape index (κ2) is 4.62. The third-order valence-corrected chi connectivity index (χ3v) is 3.13. The Morgan fingerprint density at radius 2 is 1.93 bits per heavy atom. The summed E-state index contributed by atoms with van der Waals surface area (Å²) in [6, 6.07) is 8.66. The molecule has 15 heavy (non-hydrogen) atoms. The minimum Gasteiger partial charge on any atom is -0.348 e. The summed E-state index contributed by atoms with van der Waals surface area (Å²) in [4.78, 5) is 7.23. The molecule has 2 aromatic rings. The molecule has 1 heterocycles. The normalized spacial score (nSPS) is 10.5. The molecule has 0 saturated carbocycles. The molecule has 2 rings (SSSR count). The molecule has 0 saturated heterocycles. The summed E-state index contributed by atoms with van der Waals surface area (Å²) in [7, 11) is 0. The van der Waals surface area contributed by atoms with E-state index >= 15 is 0 Å². The van der Waals surface area contributed by atoms with Gasteiger partial charge in [-0.25, -0.2) is 4.98 Å². The van der Waals surface area contributed by atoms with Crippen LogP contribution in [0.3, 0.4) is 0 Å². The molecule has 0 amide bonds. The maximum atomic E-state index is 4.10. The smallest absolute Gasteiger partial charge is 0.127 e. The van der Waals surface area contributed by atoms with Gasteiger partial charge in [-0.05, 0) is 41.3 Å². The number of halogens is 1. The van der Waals surface area contributed by atoms with Gasteiger partial charge in [0.15, 0.2) is 0 Å². The van der Waals surface area contributed by atoms with Gasteiger partial charge in [-0.15, -0.1) is 0 Å². The largest absolute Gasteiger partial charge is 0.348 e. The zero-order chi connectivity index (χ0) is 10.7. The maximum absolute atomic E-state index is 4.10. The molecule has 3 heteroatoms. The van der Waals surface area contributed by atoms with Gasteiger partial charge in [0.2, 0.25) is 0 Å². The van der Waals surface area contributed by atoms with E-state index in [1.165, 1.54) is 11.1 Å². The van der Waals surface area contributed by atoms with E-state index in [9.17, 15) is 0 Å². The van der Waals surface area contributed by atoms with Crippen molar-refractivity contribution in [1.82, 2.24) is 9.97 Å². The lowest BCUT2D eigenvalue weighted by molar-refractivity contribution is 0.919. The molecule has 0 aliphatic carbocycles. The Hall–Kier alpha value is -1.09. The third kappa shape index (κ3) is 2.69. The number of rotatable bonds is 3. The second-order valence-corrected chi connectivity index (χ2v) is 4.41. The lowest BCUT2D eigenvalue weighted by Gasteiger charge is -2.01. The van der Waals surface area contributed by atoms with Crippen molar-refractivity contribution in [2.75, 3.05) is 0 Å². The molecule has 0 atom stereocenters. The first kappa shape index (κ1) is 10.4. The SMILES string of the molecule is Cc1ccc(CCc2[nH]cnc2Br)cc1. The first-order valence-electron chi connectivity index (χ1n) is 4.99. The molecule has 0 radical (unpaired) electrons. The molecule has 78 valence electrons. The van der Waals surface area contributed by atoms with Crippen LogP contribution in [0.1, 0.15) is 16.8 Å². The van der Waals surface area contributed by atoms with Crippen molar-refractivity contribution in [2.24, 2.45) is 0 Å². The Labute approximate surface area is 97.9 Å². The van der Waals surface area contributed by atoms with Gasteiger partial charge >= 0.3 is 0 Å². The van der Waals surface area contributed by atoms with Gasteiger partial charge in [-0.1, -0.05) is 29.8 Å². The molecular formula is C12H13BrN2. The Morgan fingerprint density at radius 3 is 2.53 bits per heavy atom. The molecule has 0 bridgehead atoms. The predicted octanol–water partition coefficient (Wildman–Crippen LogP) is 3.27. The highest BCUT2D eigenvalue weighted by molar-refractivity contribution is 9.10. The van der Waals surface area contributed by atoms with E-state index in [2.05, 4.69) is 57.1 Å². The van der Waals surface area contributed by atoms with E-state index in [1.807, 2.05) is 0 Å². The van der Waals surface area contributed by atoms with Crippen LogP contribution in [0.2, 0.25) is 0 Å². The quantitative estimate of drug-likeness (QED) is 0.906. The summed E-state index contributed by atoms with van der Waals surface area (Å²) in [6.45, 7) is 2.11. The number of nitrogens with one attached hydrogen (secondary N) is 1. The molecule has 1 N–H and O–H groups in total. The van der Waals surface area contributed by atoms with Crippen LogP contribution in [-0.2, 0) is 12.8 Å². The number of aryl methyl sites for hydroxylation is 3. The number of aromatic nitrogens is 2. The van der Waals surface area contributed by atoms with E-state index in [-0.39, 0.29) is 0 Å². The van der Waals surface area contributed by atoms with Crippen LogP contribution in [0.15, 0.2) is 35.2 Å². The number of hydrogen-bond acceptors (Lipinski definition) is 1. The van der Waals surface area contributed by atoms with Crippen molar-refractivity contribution in [3.05, 3.63) is 52.0 Å². The van der Waals surface area contributed by atoms with Gasteiger partial charge in [-0.2, -0.15) is 0 Å². The average molecular weight is 265 g/mol. The molecule has 0 aliphatic rings. The molecule has 1 aromatic carbocycles. The molecule has 1 aromatic heterocycles. The fourth-order valence-corrected chi connectivity index (χ4v) is 1.92. The Kier molecular flexibility index (Phi) is 3.21. The average Bonchev–Trinajstić information content (AvgIpc) is 2.63. The number of benzene rings is 1. The van der Waals surface area contributed by atoms with Crippen molar-refractivity contribution in [3.63, 3.8) is 0 Å². The second-order valence-electron chi connectivity index (χ2n) is 3.66. The summed E-state index contributed by atoms with van der Waals surface area (Å²) in [5.41, 5.74) is 3.83. The van der Waals surface area contributed by atoms with E-state index in [0.717, 1.165) is 23.1 Å². The number of aromatic amines is 1. The van der Waals surface area contributed by atoms with E-state index in [4.69, 9.17) is 0 Å². The molecule has 0 fully saturated rings. The van der Waals surface area contributed by atoms with Gasteiger partial charge < -0.3 is 4.98 Å². The van der Waals surface area contributed by atoms with Crippen molar-refractivity contribution in [2.45, 2.75) is 19.8 Å². The van der Waals surface area contributed by atoms with Crippen LogP contribution >= 0.6 is 15.9 Å². The number of hydrogen-bond donors (Lipinski definition) is 1. The lowest BCUT2D eigenvalue weighted by atomic mass is 10.1. The molecule has 0 aliphatic heterocycles. The van der Waals surface area contributed by atoms with Crippen LogP contribution in [0.25, 0.3) is 0 Å². The standard InChI is InChI=1S/C12H13BrN2/c1-9-2-4-10(5-3-9)6-7-11-12(13)15-8-14-11/h2-5,8H,6-7H2,1H3,(H,14,15). The number of nitrogens with zero attached hydrogens (tertiary/aromatic N) is 1. The fraction of sp³-hybridized carbons (Fsp3) is 0.250. The van der Waals surface area contributed by atoms with Crippen LogP contribution in [0.5, 0.6) is 0 Å². The first-order valence-corrected chi connectivity index (χ1v) is 5.78. The van der Waals surface area contributed by atoms with E-state index in [1.54, 1.807) is 6.33 Å². The molecule has 0 unspecified atom stereocenters. The van der Waals surface area contributed by atoms with Crippen LogP contribution in [0.4, 0.5) is 0 Å². The summed E-state index contributed by atoms with van der Waals surface area (Å²) >= 11 is 3.41. The van der Waals surface area contributed by atoms with Crippen molar-refractivity contribution < 1.29 is 0 Å². The summed E-state index contributed by atoms with van der Waals surface area (Å²) in [6.07, 6.45) is 3.75. The fourth-order valence-electron chi connectivity index (χ4n) is 1.50. The highest BCUT2D eigenvalue weighted by atomic mass is 79.9. The Bertz CT molecular complexity index is 431. The Balaban J connectivity index is 1.99. The predicted molar refractivity (Wildman–Crippen MR) is 64.9 cm³/mol. The number of H-pyrrole nitrogens is 1. The van der Waals surface area contributed by atoms with Crippen molar-refractivity contribution >= 4 is 15.9 Å². The van der Waals surface area contributed by atoms with E-state index < -0.39 is 0 Å². The third-order valence-electron chi connectivity index (χ3n) is 2.45. The van der Waals surface area contributed by atoms with Crippen molar-refractivity contribution in [1.29, 1.82) is 0 Å². The van der Waals surface area contributed by atoms with Crippen LogP contribution < -0.4 is 0 Å². The summed E-state index contributed by atoms with van der Waals surface area (Å²) in [5.74, 6) is 0. The summed E-state index contributed by atoms with van der Waals surface area (Å²) in [5, 5.41) is 0. The van der Waals surface area contributed by atoms with Gasteiger partial charge in [-0.3, -0.25) is 0 Å². The molecular weight excluding hydrogens is 252 g/mol. The van der Waals surface area contributed by atoms with Gasteiger partial charge in [0, 0.05) is 5.69 Å². The maximum Gasteiger partial charge on any atom is 0.127 e. The van der Waals surface area contributed by atoms with Crippen LogP contribution in [0, 0.1) is 6.92 Å². The van der Waals surface area contributed by atoms with Gasteiger partial charge in [0.05, 0.1) is 6.33 Å². The molecule has 2 nitrogen and oxygen atoms in total. The van der Waals surface area contributed by atoms with Gasteiger partial charge in [0.25, 0.3) is 0 Å². The first-order chi connectivity index (χ1) is 7.25. The van der Waals surface area contributed by atoms with Crippen molar-refractivity contribution in [3.8, 4) is 0 Å². The highest BCUT2D eigenvalue weighted by Crippen LogP contribution is 2.14. The summed E-state index contributed by atoms with van der Waals surface area (Å²) < 4.78 is 0.926. The van der Waals surface area contributed by atoms with Crippen LogP contribution in [-0.4, -0.2) is 9.97 Å². The topological polar surface area (TPSA) is 28.7 Å². The molecule has 0 spiro atoms. The van der Waals surface area contributed by atoms with Gasteiger partial charge in [0.1, 0.15) is 4.60 Å². The Morgan fingerprint density at radius 1 is 1.20 bits per heavy atom. The van der Waals surface area contributed by atoms with E-state index in [0.29, 0.717) is 0 Å². The lowest BCUT2D eigenvalue weighted by Crippen LogP contribution is -1.92. The minimum atomic E-state index is 0.926. The zero-order valence-corrected chi connectivity index (χ0v) is 10.2. The highest BCUT2D eigenvalue weighted by Gasteiger charge is 2.02. The monoisotopic (exact) mass is 264 g/mol. The minimum absolute atomic E-state index is 0.926. The zero-order valence-electron chi connectivity index (χ0n) is 8.63.